The average molecular weight is 342 g/mol. The molecule has 0 aliphatic carbocycles. The molecule has 2 aromatic carbocycles. The number of benzene rings is 2. The zero-order valence-corrected chi connectivity index (χ0v) is 14.1. The number of amides is 1. The molecule has 5 nitrogen and oxygen atoms in total. The average Bonchev–Trinajstić information content (AvgIpc) is 2.90. The molecule has 0 N–H and O–H groups in total. The van der Waals surface area contributed by atoms with Gasteiger partial charge in [-0.25, -0.2) is 0 Å². The normalized spacial score (nSPS) is 15.8. The van der Waals surface area contributed by atoms with Crippen LogP contribution in [0.4, 0.5) is 5.69 Å². The van der Waals surface area contributed by atoms with Gasteiger partial charge in [0.15, 0.2) is 5.71 Å². The van der Waals surface area contributed by atoms with Crippen molar-refractivity contribution in [1.82, 2.24) is 0 Å². The first kappa shape index (κ1) is 16.2. The number of ether oxygens (including phenoxy) is 1. The van der Waals surface area contributed by atoms with Gasteiger partial charge in [0.1, 0.15) is 5.75 Å². The second-order valence-corrected chi connectivity index (χ2v) is 5.63. The van der Waals surface area contributed by atoms with Gasteiger partial charge < -0.3 is 4.74 Å². The van der Waals surface area contributed by atoms with E-state index in [4.69, 9.17) is 16.5 Å². The van der Waals surface area contributed by atoms with Crippen molar-refractivity contribution in [3.8, 4) is 5.75 Å². The number of nitrogens with zero attached hydrogens (tertiary/aromatic N) is 3. The summed E-state index contributed by atoms with van der Waals surface area (Å²) < 4.78 is 8.85. The summed E-state index contributed by atoms with van der Waals surface area (Å²) in [5.41, 5.74) is 3.40. The predicted octanol–water partition coefficient (Wildman–Crippen LogP) is 3.54. The van der Waals surface area contributed by atoms with Gasteiger partial charge in [0.25, 0.3) is 5.91 Å². The molecule has 2 aromatic rings. The third kappa shape index (κ3) is 3.16. The first-order valence-corrected chi connectivity index (χ1v) is 7.77. The predicted molar refractivity (Wildman–Crippen MR) is 96.1 cm³/mol. The summed E-state index contributed by atoms with van der Waals surface area (Å²) in [4.78, 5) is 12.5. The van der Waals surface area contributed by atoms with Crippen LogP contribution < -0.4 is 9.75 Å². The Morgan fingerprint density at radius 2 is 2.00 bits per heavy atom. The minimum atomic E-state index is -0.325. The number of carbonyl (C=O) groups excluding carboxylic acids is 1. The summed E-state index contributed by atoms with van der Waals surface area (Å²) in [6, 6.07) is 15.1. The second-order valence-electron chi connectivity index (χ2n) is 5.46. The molecular formula is C18H16ClN3O2. The van der Waals surface area contributed by atoms with E-state index in [1.165, 1.54) is 5.01 Å². The zero-order chi connectivity index (χ0) is 17.1. The third-order valence-corrected chi connectivity index (χ3v) is 3.89. The Morgan fingerprint density at radius 3 is 2.71 bits per heavy atom. The monoisotopic (exact) mass is 341 g/mol. The fourth-order valence-corrected chi connectivity index (χ4v) is 2.72. The number of aryl methyl sites for hydroxylation is 1. The lowest BCUT2D eigenvalue weighted by Gasteiger charge is -2.11. The molecule has 122 valence electrons. The van der Waals surface area contributed by atoms with Crippen molar-refractivity contribution >= 4 is 34.8 Å². The van der Waals surface area contributed by atoms with E-state index in [1.54, 1.807) is 7.11 Å². The molecule has 24 heavy (non-hydrogen) atoms. The van der Waals surface area contributed by atoms with Crippen LogP contribution in [0.3, 0.4) is 0 Å². The van der Waals surface area contributed by atoms with Crippen LogP contribution in [0, 0.1) is 6.92 Å². The van der Waals surface area contributed by atoms with E-state index in [-0.39, 0.29) is 11.6 Å². The van der Waals surface area contributed by atoms with Crippen molar-refractivity contribution in [2.24, 2.45) is 9.61 Å². The van der Waals surface area contributed by atoms with Crippen molar-refractivity contribution in [1.29, 1.82) is 0 Å². The number of halogens is 1. The zero-order valence-electron chi connectivity index (χ0n) is 13.4. The highest BCUT2D eigenvalue weighted by molar-refractivity contribution is 6.73. The Hall–Kier alpha value is -2.66. The highest BCUT2D eigenvalue weighted by Gasteiger charge is 2.33. The maximum atomic E-state index is 12.5. The fourth-order valence-electron chi connectivity index (χ4n) is 2.55. The Kier molecular flexibility index (Phi) is 4.62. The minimum Gasteiger partial charge on any atom is -0.497 e. The summed E-state index contributed by atoms with van der Waals surface area (Å²) in [6.45, 7) is 1.96. The molecule has 0 radical (unpaired) electrons. The van der Waals surface area contributed by atoms with E-state index < -0.39 is 0 Å². The number of hydrazone groups is 1. The highest BCUT2D eigenvalue weighted by atomic mass is 35.5. The van der Waals surface area contributed by atoms with Crippen LogP contribution in [0.5, 0.6) is 5.75 Å². The number of anilines is 1. The SMILES string of the molecule is COc1cccc(CC2=NN(c3cccc(C)c3)C(=O)C2=NCl)c1. The Morgan fingerprint density at radius 1 is 1.21 bits per heavy atom. The molecule has 6 heteroatoms. The molecule has 0 unspecified atom stereocenters. The molecule has 0 saturated heterocycles. The fraction of sp³-hybridized carbons (Fsp3) is 0.167. The number of hydrogen-bond donors (Lipinski definition) is 0. The van der Waals surface area contributed by atoms with Crippen LogP contribution in [0.2, 0.25) is 0 Å². The summed E-state index contributed by atoms with van der Waals surface area (Å²) in [7, 11) is 1.61. The van der Waals surface area contributed by atoms with E-state index in [0.717, 1.165) is 16.9 Å². The van der Waals surface area contributed by atoms with Crippen molar-refractivity contribution in [3.63, 3.8) is 0 Å². The van der Waals surface area contributed by atoms with Crippen LogP contribution in [0.15, 0.2) is 58.1 Å². The van der Waals surface area contributed by atoms with E-state index in [1.807, 2.05) is 55.5 Å². The summed E-state index contributed by atoms with van der Waals surface area (Å²) in [5, 5.41) is 5.76. The molecular weight excluding hydrogens is 326 g/mol. The lowest BCUT2D eigenvalue weighted by Crippen LogP contribution is -2.27. The van der Waals surface area contributed by atoms with Crippen LogP contribution >= 0.6 is 11.8 Å². The summed E-state index contributed by atoms with van der Waals surface area (Å²) >= 11 is 5.64. The molecule has 1 amide bonds. The van der Waals surface area contributed by atoms with Gasteiger partial charge in [0.2, 0.25) is 0 Å². The van der Waals surface area contributed by atoms with Crippen LogP contribution in [-0.2, 0) is 11.2 Å². The number of hydrogen-bond acceptors (Lipinski definition) is 4. The van der Waals surface area contributed by atoms with Crippen molar-refractivity contribution in [2.45, 2.75) is 13.3 Å². The Balaban J connectivity index is 1.93. The largest absolute Gasteiger partial charge is 0.497 e. The van der Waals surface area contributed by atoms with Gasteiger partial charge in [-0.2, -0.15) is 14.6 Å². The number of carbonyl (C=O) groups is 1. The first-order chi connectivity index (χ1) is 11.6. The van der Waals surface area contributed by atoms with Gasteiger partial charge in [-0.15, -0.1) is 0 Å². The Labute approximate surface area is 145 Å². The molecule has 0 saturated carbocycles. The van der Waals surface area contributed by atoms with Crippen LogP contribution in [0.25, 0.3) is 0 Å². The smallest absolute Gasteiger partial charge is 0.300 e. The van der Waals surface area contributed by atoms with E-state index in [9.17, 15) is 4.79 Å². The first-order valence-electron chi connectivity index (χ1n) is 7.43. The third-order valence-electron chi connectivity index (χ3n) is 3.73. The van der Waals surface area contributed by atoms with Gasteiger partial charge in [0, 0.05) is 18.2 Å². The van der Waals surface area contributed by atoms with E-state index >= 15 is 0 Å². The summed E-state index contributed by atoms with van der Waals surface area (Å²) in [5.74, 6) is 0.422. The van der Waals surface area contributed by atoms with Crippen LogP contribution in [-0.4, -0.2) is 24.4 Å². The van der Waals surface area contributed by atoms with Crippen LogP contribution in [0.1, 0.15) is 11.1 Å². The van der Waals surface area contributed by atoms with Gasteiger partial charge in [-0.1, -0.05) is 24.3 Å². The minimum absolute atomic E-state index is 0.168. The van der Waals surface area contributed by atoms with E-state index in [2.05, 4.69) is 9.61 Å². The Bertz CT molecular complexity index is 846. The standard InChI is InChI=1S/C18H16ClN3O2/c1-12-5-3-7-14(9-12)22-18(23)17(20-19)16(21-22)11-13-6-4-8-15(10-13)24-2/h3-10H,11H2,1-2H3. The van der Waals surface area contributed by atoms with Crippen molar-refractivity contribution in [2.75, 3.05) is 12.1 Å². The van der Waals surface area contributed by atoms with Crippen molar-refractivity contribution in [3.05, 3.63) is 59.7 Å². The van der Waals surface area contributed by atoms with Gasteiger partial charge >= 0.3 is 0 Å². The molecule has 0 atom stereocenters. The molecule has 0 fully saturated rings. The lowest BCUT2D eigenvalue weighted by molar-refractivity contribution is -0.112. The molecule has 3 rings (SSSR count). The maximum absolute atomic E-state index is 12.5. The second kappa shape index (κ2) is 6.84. The molecule has 0 aromatic heterocycles. The molecule has 0 spiro atoms. The highest BCUT2D eigenvalue weighted by Crippen LogP contribution is 2.23. The quantitative estimate of drug-likeness (QED) is 0.854. The number of methoxy groups -OCH3 is 1. The maximum Gasteiger partial charge on any atom is 0.300 e. The van der Waals surface area contributed by atoms with Gasteiger partial charge in [-0.05, 0) is 42.3 Å². The van der Waals surface area contributed by atoms with Gasteiger partial charge in [-0.3, -0.25) is 4.79 Å². The van der Waals surface area contributed by atoms with E-state index in [0.29, 0.717) is 17.8 Å². The van der Waals surface area contributed by atoms with Crippen molar-refractivity contribution < 1.29 is 9.53 Å². The topological polar surface area (TPSA) is 54.3 Å². The lowest BCUT2D eigenvalue weighted by atomic mass is 10.1. The summed E-state index contributed by atoms with van der Waals surface area (Å²) in [6.07, 6.45) is 0.441. The number of rotatable bonds is 4. The molecule has 1 aliphatic rings. The molecule has 0 bridgehead atoms. The van der Waals surface area contributed by atoms with Gasteiger partial charge in [0.05, 0.1) is 18.5 Å². The molecule has 1 heterocycles. The molecule has 1 aliphatic heterocycles.